The van der Waals surface area contributed by atoms with Crippen LogP contribution in [0.2, 0.25) is 0 Å². The van der Waals surface area contributed by atoms with Crippen molar-refractivity contribution in [1.29, 1.82) is 0 Å². The minimum Gasteiger partial charge on any atom is -0.396 e. The molecular formula is C13H19NO2S. The molecule has 0 aliphatic carbocycles. The van der Waals surface area contributed by atoms with Crippen LogP contribution in [0, 0.1) is 13.8 Å². The number of nitrogens with one attached hydrogen (secondary N) is 1. The molecule has 1 aromatic carbocycles. The summed E-state index contributed by atoms with van der Waals surface area (Å²) >= 11 is 1.54. The molecule has 1 aromatic rings. The molecule has 94 valence electrons. The van der Waals surface area contributed by atoms with E-state index in [0.717, 1.165) is 23.4 Å². The number of aliphatic hydroxyl groups excluding tert-OH is 1. The lowest BCUT2D eigenvalue weighted by atomic mass is 10.1. The highest BCUT2D eigenvalue weighted by molar-refractivity contribution is 7.99. The van der Waals surface area contributed by atoms with Crippen molar-refractivity contribution >= 4 is 23.4 Å². The fourth-order valence-electron chi connectivity index (χ4n) is 1.40. The van der Waals surface area contributed by atoms with E-state index in [0.29, 0.717) is 5.75 Å². The molecule has 0 unspecified atom stereocenters. The summed E-state index contributed by atoms with van der Waals surface area (Å²) in [5, 5.41) is 11.5. The van der Waals surface area contributed by atoms with Crippen molar-refractivity contribution < 1.29 is 9.90 Å². The molecule has 17 heavy (non-hydrogen) atoms. The maximum atomic E-state index is 11.6. The van der Waals surface area contributed by atoms with Crippen LogP contribution in [0.5, 0.6) is 0 Å². The van der Waals surface area contributed by atoms with E-state index >= 15 is 0 Å². The molecule has 0 atom stereocenters. The third-order valence-electron chi connectivity index (χ3n) is 2.56. The summed E-state index contributed by atoms with van der Waals surface area (Å²) in [5.74, 6) is 1.27. The summed E-state index contributed by atoms with van der Waals surface area (Å²) in [5.41, 5.74) is 3.18. The Morgan fingerprint density at radius 3 is 2.88 bits per heavy atom. The summed E-state index contributed by atoms with van der Waals surface area (Å²) in [6.45, 7) is 4.22. The van der Waals surface area contributed by atoms with Gasteiger partial charge in [0.2, 0.25) is 5.91 Å². The molecule has 0 saturated carbocycles. The predicted molar refractivity (Wildman–Crippen MR) is 73.6 cm³/mol. The summed E-state index contributed by atoms with van der Waals surface area (Å²) in [4.78, 5) is 11.6. The van der Waals surface area contributed by atoms with Gasteiger partial charge in [0.25, 0.3) is 0 Å². The Morgan fingerprint density at radius 2 is 2.18 bits per heavy atom. The predicted octanol–water partition coefficient (Wildman–Crippen LogP) is 2.36. The second-order valence-corrected chi connectivity index (χ2v) is 5.03. The van der Waals surface area contributed by atoms with Crippen molar-refractivity contribution in [3.63, 3.8) is 0 Å². The zero-order chi connectivity index (χ0) is 12.7. The second kappa shape index (κ2) is 7.35. The molecule has 0 aliphatic rings. The summed E-state index contributed by atoms with van der Waals surface area (Å²) in [6.07, 6.45) is 0.738. The lowest BCUT2D eigenvalue weighted by molar-refractivity contribution is -0.113. The lowest BCUT2D eigenvalue weighted by Crippen LogP contribution is -2.15. The Morgan fingerprint density at radius 1 is 1.41 bits per heavy atom. The van der Waals surface area contributed by atoms with Gasteiger partial charge in [0.1, 0.15) is 0 Å². The van der Waals surface area contributed by atoms with Gasteiger partial charge in [-0.15, -0.1) is 0 Å². The van der Waals surface area contributed by atoms with Gasteiger partial charge in [-0.05, 0) is 43.2 Å². The molecule has 0 fully saturated rings. The van der Waals surface area contributed by atoms with Crippen LogP contribution < -0.4 is 5.32 Å². The Bertz CT molecular complexity index is 380. The normalized spacial score (nSPS) is 10.3. The monoisotopic (exact) mass is 253 g/mol. The number of hydrogen-bond donors (Lipinski definition) is 2. The summed E-state index contributed by atoms with van der Waals surface area (Å²) < 4.78 is 0. The number of amides is 1. The molecule has 0 saturated heterocycles. The van der Waals surface area contributed by atoms with Crippen molar-refractivity contribution in [2.45, 2.75) is 20.3 Å². The number of benzene rings is 1. The summed E-state index contributed by atoms with van der Waals surface area (Å²) in [7, 11) is 0. The molecule has 0 aromatic heterocycles. The zero-order valence-corrected chi connectivity index (χ0v) is 11.1. The molecule has 0 radical (unpaired) electrons. The number of carbonyl (C=O) groups excluding carboxylic acids is 1. The molecule has 0 spiro atoms. The first-order chi connectivity index (χ1) is 8.15. The van der Waals surface area contributed by atoms with Gasteiger partial charge < -0.3 is 10.4 Å². The fourth-order valence-corrected chi connectivity index (χ4v) is 2.14. The summed E-state index contributed by atoms with van der Waals surface area (Å²) in [6, 6.07) is 5.89. The van der Waals surface area contributed by atoms with Crippen LogP contribution in [0.15, 0.2) is 18.2 Å². The minimum absolute atomic E-state index is 0.0154. The number of aliphatic hydroxyl groups is 1. The molecule has 1 rings (SSSR count). The first kappa shape index (κ1) is 14.1. The van der Waals surface area contributed by atoms with E-state index in [9.17, 15) is 4.79 Å². The minimum atomic E-state index is 0.0154. The Kier molecular flexibility index (Phi) is 6.08. The van der Waals surface area contributed by atoms with Gasteiger partial charge in [-0.1, -0.05) is 12.1 Å². The first-order valence-corrected chi connectivity index (χ1v) is 6.85. The maximum absolute atomic E-state index is 11.6. The highest BCUT2D eigenvalue weighted by atomic mass is 32.2. The Hall–Kier alpha value is -1.00. The highest BCUT2D eigenvalue weighted by Crippen LogP contribution is 2.18. The van der Waals surface area contributed by atoms with Gasteiger partial charge in [-0.25, -0.2) is 0 Å². The number of carbonyl (C=O) groups is 1. The Labute approximate surface area is 107 Å². The van der Waals surface area contributed by atoms with Gasteiger partial charge in [-0.3, -0.25) is 4.79 Å². The van der Waals surface area contributed by atoms with Gasteiger partial charge in [0.05, 0.1) is 5.75 Å². The quantitative estimate of drug-likeness (QED) is 0.765. The number of hydrogen-bond acceptors (Lipinski definition) is 3. The fraction of sp³-hybridized carbons (Fsp3) is 0.462. The first-order valence-electron chi connectivity index (χ1n) is 5.70. The average molecular weight is 253 g/mol. The van der Waals surface area contributed by atoms with E-state index in [-0.39, 0.29) is 12.5 Å². The number of anilines is 1. The van der Waals surface area contributed by atoms with Crippen LogP contribution in [0.3, 0.4) is 0 Å². The smallest absolute Gasteiger partial charge is 0.234 e. The van der Waals surface area contributed by atoms with Crippen LogP contribution in [0.4, 0.5) is 5.69 Å². The second-order valence-electron chi connectivity index (χ2n) is 3.93. The largest absolute Gasteiger partial charge is 0.396 e. The van der Waals surface area contributed by atoms with Crippen molar-refractivity contribution in [3.05, 3.63) is 29.3 Å². The van der Waals surface area contributed by atoms with Gasteiger partial charge in [-0.2, -0.15) is 11.8 Å². The Balaban J connectivity index is 2.43. The third-order valence-corrected chi connectivity index (χ3v) is 3.60. The average Bonchev–Trinajstić information content (AvgIpc) is 2.31. The van der Waals surface area contributed by atoms with Gasteiger partial charge in [0, 0.05) is 12.3 Å². The molecule has 0 bridgehead atoms. The van der Waals surface area contributed by atoms with E-state index in [4.69, 9.17) is 5.11 Å². The van der Waals surface area contributed by atoms with E-state index in [1.54, 1.807) is 11.8 Å². The standard InChI is InChI=1S/C13H19NO2S/c1-10-5-3-6-12(11(10)2)14-13(16)9-17-8-4-7-15/h3,5-6,15H,4,7-9H2,1-2H3,(H,14,16). The van der Waals surface area contributed by atoms with E-state index in [2.05, 4.69) is 5.32 Å². The maximum Gasteiger partial charge on any atom is 0.234 e. The SMILES string of the molecule is Cc1cccc(NC(=O)CSCCCO)c1C. The molecule has 4 heteroatoms. The number of thioether (sulfide) groups is 1. The highest BCUT2D eigenvalue weighted by Gasteiger charge is 2.05. The van der Waals surface area contributed by atoms with Crippen LogP contribution in [0.1, 0.15) is 17.5 Å². The molecular weight excluding hydrogens is 234 g/mol. The van der Waals surface area contributed by atoms with Crippen molar-refractivity contribution in [3.8, 4) is 0 Å². The third kappa shape index (κ3) is 4.79. The van der Waals surface area contributed by atoms with Gasteiger partial charge in [0.15, 0.2) is 0 Å². The topological polar surface area (TPSA) is 49.3 Å². The lowest BCUT2D eigenvalue weighted by Gasteiger charge is -2.10. The van der Waals surface area contributed by atoms with Crippen molar-refractivity contribution in [2.24, 2.45) is 0 Å². The van der Waals surface area contributed by atoms with Crippen LogP contribution in [0.25, 0.3) is 0 Å². The number of rotatable bonds is 6. The van der Waals surface area contributed by atoms with Crippen LogP contribution >= 0.6 is 11.8 Å². The van der Waals surface area contributed by atoms with Crippen LogP contribution in [-0.2, 0) is 4.79 Å². The number of aryl methyl sites for hydroxylation is 1. The van der Waals surface area contributed by atoms with E-state index in [1.807, 2.05) is 32.0 Å². The molecule has 1 amide bonds. The molecule has 2 N–H and O–H groups in total. The van der Waals surface area contributed by atoms with E-state index in [1.165, 1.54) is 5.56 Å². The van der Waals surface area contributed by atoms with Crippen LogP contribution in [-0.4, -0.2) is 29.1 Å². The molecule has 3 nitrogen and oxygen atoms in total. The van der Waals surface area contributed by atoms with Crippen molar-refractivity contribution in [1.82, 2.24) is 0 Å². The zero-order valence-electron chi connectivity index (χ0n) is 10.3. The molecule has 0 heterocycles. The van der Waals surface area contributed by atoms with Crippen molar-refractivity contribution in [2.75, 3.05) is 23.4 Å². The van der Waals surface area contributed by atoms with E-state index < -0.39 is 0 Å². The van der Waals surface area contributed by atoms with Gasteiger partial charge >= 0.3 is 0 Å². The molecule has 0 aliphatic heterocycles.